The Morgan fingerprint density at radius 1 is 0.800 bits per heavy atom. The van der Waals surface area contributed by atoms with Gasteiger partial charge in [0.1, 0.15) is 0 Å². The van der Waals surface area contributed by atoms with Crippen LogP contribution in [0.25, 0.3) is 0 Å². The summed E-state index contributed by atoms with van der Waals surface area (Å²) < 4.78 is 32.0. The first-order valence-electron chi connectivity index (χ1n) is 0.698. The van der Waals surface area contributed by atoms with Crippen molar-refractivity contribution < 1.29 is 29.6 Å². The van der Waals surface area contributed by atoms with Gasteiger partial charge in [0.2, 0.25) is 0 Å². The van der Waals surface area contributed by atoms with Crippen LogP contribution in [0.15, 0.2) is 0 Å². The first-order chi connectivity index (χ1) is 2.00. The SMILES string of the molecule is O.O.O.O=[Te](=O)(O)O.[K].[K]. The summed E-state index contributed by atoms with van der Waals surface area (Å²) in [4.78, 5) is 0. The number of hydrogen-bond acceptors (Lipinski definition) is 2. The predicted octanol–water partition coefficient (Wildman–Crippen LogP) is -4.97. The van der Waals surface area contributed by atoms with Crippen molar-refractivity contribution in [2.75, 3.05) is 0 Å². The third kappa shape index (κ3) is 105. The van der Waals surface area contributed by atoms with Crippen molar-refractivity contribution in [1.29, 1.82) is 0 Å². The summed E-state index contributed by atoms with van der Waals surface area (Å²) in [6.45, 7) is 0. The molecule has 0 saturated carbocycles. The van der Waals surface area contributed by atoms with E-state index in [1.165, 1.54) is 0 Å². The fourth-order valence-corrected chi connectivity index (χ4v) is 0. The van der Waals surface area contributed by atoms with Gasteiger partial charge in [0, 0.05) is 103 Å². The van der Waals surface area contributed by atoms with Crippen LogP contribution in [-0.4, -0.2) is 145 Å². The van der Waals surface area contributed by atoms with Gasteiger partial charge in [0.05, 0.1) is 0 Å². The first-order valence-corrected chi connectivity index (χ1v) is 4.69. The summed E-state index contributed by atoms with van der Waals surface area (Å²) in [6.07, 6.45) is 0. The molecule has 0 bridgehead atoms. The molecular formula is H8K2O7Te. The van der Waals surface area contributed by atoms with E-state index >= 15 is 0 Å². The normalized spacial score (nSPS) is 5.80. The fraction of sp³-hybridized carbons (Fsp3) is 0. The maximum atomic E-state index is 8.85. The predicted molar refractivity (Wildman–Crippen MR) is 33.9 cm³/mol. The minimum atomic E-state index is -5.52. The molecule has 8 N–H and O–H groups in total. The minimum absolute atomic E-state index is 0. The van der Waals surface area contributed by atoms with E-state index in [1.807, 2.05) is 0 Å². The van der Waals surface area contributed by atoms with Crippen LogP contribution < -0.4 is 0 Å². The molecule has 10 heteroatoms. The Morgan fingerprint density at radius 3 is 0.800 bits per heavy atom. The summed E-state index contributed by atoms with van der Waals surface area (Å²) in [5.74, 6) is 0. The maximum absolute atomic E-state index is 8.85. The molecule has 10 heavy (non-hydrogen) atoms. The van der Waals surface area contributed by atoms with E-state index in [2.05, 4.69) is 0 Å². The molecule has 0 fully saturated rings. The zero-order valence-electron chi connectivity index (χ0n) is 5.62. The van der Waals surface area contributed by atoms with E-state index in [9.17, 15) is 0 Å². The van der Waals surface area contributed by atoms with Gasteiger partial charge in [-0.25, -0.2) is 0 Å². The molecule has 0 aromatic rings. The largest absolute Gasteiger partial charge is 0 e. The van der Waals surface area contributed by atoms with Crippen LogP contribution in [-0.2, 0) is 6.21 Å². The van der Waals surface area contributed by atoms with E-state index in [4.69, 9.17) is 13.2 Å². The molecule has 0 aliphatic heterocycles. The van der Waals surface area contributed by atoms with E-state index in [0.29, 0.717) is 0 Å². The average molecular weight is 326 g/mol. The van der Waals surface area contributed by atoms with E-state index < -0.39 is 19.0 Å². The topological polar surface area (TPSA) is 169 Å². The Labute approximate surface area is 147 Å². The van der Waals surface area contributed by atoms with Crippen molar-refractivity contribution in [1.82, 2.24) is 0 Å². The van der Waals surface area contributed by atoms with Crippen LogP contribution in [0, 0.1) is 0 Å². The van der Waals surface area contributed by atoms with Gasteiger partial charge in [-0.3, -0.25) is 0 Å². The van der Waals surface area contributed by atoms with Gasteiger partial charge in [-0.2, -0.15) is 0 Å². The van der Waals surface area contributed by atoms with Crippen molar-refractivity contribution in [2.24, 2.45) is 0 Å². The van der Waals surface area contributed by atoms with Gasteiger partial charge in [-0.1, -0.05) is 0 Å². The molecule has 0 aromatic carbocycles. The van der Waals surface area contributed by atoms with Crippen molar-refractivity contribution in [3.05, 3.63) is 0 Å². The van der Waals surface area contributed by atoms with E-state index in [-0.39, 0.29) is 119 Å². The second-order valence-corrected chi connectivity index (χ2v) is 3.00. The molecular weight excluding hydrogens is 318 g/mol. The minimum Gasteiger partial charge on any atom is 0 e. The molecule has 58 valence electrons. The molecule has 2 radical (unpaired) electrons. The summed E-state index contributed by atoms with van der Waals surface area (Å²) in [7, 11) is 0. The second kappa shape index (κ2) is 18.3. The number of rotatable bonds is 0. The fourth-order valence-electron chi connectivity index (χ4n) is 0. The molecule has 0 saturated heterocycles. The molecule has 0 unspecified atom stereocenters. The Balaban J connectivity index is -0.00000000800. The molecule has 0 rings (SSSR count). The molecule has 0 aliphatic rings. The summed E-state index contributed by atoms with van der Waals surface area (Å²) in [6, 6.07) is 0. The molecule has 0 heterocycles. The molecule has 0 spiro atoms. The van der Waals surface area contributed by atoms with Crippen molar-refractivity contribution in [3.63, 3.8) is 0 Å². The first kappa shape index (κ1) is 37.5. The zero-order valence-corrected chi connectivity index (χ0v) is 14.2. The molecule has 0 atom stereocenters. The monoisotopic (exact) mass is 328 g/mol. The molecule has 7 nitrogen and oxygen atoms in total. The van der Waals surface area contributed by atoms with Crippen molar-refractivity contribution in [2.45, 2.75) is 0 Å². The third-order valence-electron chi connectivity index (χ3n) is 0. The standard InChI is InChI=1S/2K.H2O4Te.3H2O/c;;1-5(2,3)4;;;/h;;(H2,1,2,3,4);3*1H2. The van der Waals surface area contributed by atoms with Gasteiger partial charge < -0.3 is 16.4 Å². The van der Waals surface area contributed by atoms with Crippen molar-refractivity contribution in [3.8, 4) is 0 Å². The van der Waals surface area contributed by atoms with Gasteiger partial charge in [-0.15, -0.1) is 0 Å². The Morgan fingerprint density at radius 2 is 0.800 bits per heavy atom. The smallest absolute Gasteiger partial charge is 0 e. The molecule has 0 amide bonds. The summed E-state index contributed by atoms with van der Waals surface area (Å²) in [5, 5.41) is 0. The van der Waals surface area contributed by atoms with Crippen LogP contribution in [0.1, 0.15) is 0 Å². The summed E-state index contributed by atoms with van der Waals surface area (Å²) in [5.41, 5.74) is 0. The Bertz CT molecular complexity index is 94.8. The van der Waals surface area contributed by atoms with Crippen LogP contribution in [0.2, 0.25) is 0 Å². The summed E-state index contributed by atoms with van der Waals surface area (Å²) >= 11 is -5.52. The second-order valence-electron chi connectivity index (χ2n) is 0.448. The van der Waals surface area contributed by atoms with Gasteiger partial charge >= 0.3 is 32.1 Å². The number of hydrogen-bond donors (Lipinski definition) is 2. The third-order valence-corrected chi connectivity index (χ3v) is 0. The van der Waals surface area contributed by atoms with E-state index in [1.54, 1.807) is 0 Å². The van der Waals surface area contributed by atoms with E-state index in [0.717, 1.165) is 0 Å². The quantitative estimate of drug-likeness (QED) is 0.425. The van der Waals surface area contributed by atoms with Gasteiger partial charge in [0.25, 0.3) is 0 Å². The van der Waals surface area contributed by atoms with Crippen molar-refractivity contribution >= 4 is 122 Å². The van der Waals surface area contributed by atoms with Crippen LogP contribution in [0.5, 0.6) is 0 Å². The van der Waals surface area contributed by atoms with Crippen LogP contribution in [0.4, 0.5) is 0 Å². The Hall–Kier alpha value is 3.46. The van der Waals surface area contributed by atoms with Crippen LogP contribution in [0.3, 0.4) is 0 Å². The zero-order chi connectivity index (χ0) is 4.50. The average Bonchev–Trinajstić information content (AvgIpc) is 0.722. The maximum Gasteiger partial charge on any atom is 0 e. The van der Waals surface area contributed by atoms with Gasteiger partial charge in [0.15, 0.2) is 0 Å². The Kier molecular flexibility index (Phi) is 68.7. The van der Waals surface area contributed by atoms with Crippen LogP contribution >= 0.6 is 0 Å². The molecule has 0 aromatic heterocycles. The van der Waals surface area contributed by atoms with Gasteiger partial charge in [-0.05, 0) is 0 Å². The molecule has 0 aliphatic carbocycles.